The van der Waals surface area contributed by atoms with Gasteiger partial charge in [-0.15, -0.1) is 5.10 Å². The quantitative estimate of drug-likeness (QED) is 0.323. The molecule has 4 N–H and O–H groups in total. The predicted molar refractivity (Wildman–Crippen MR) is 107 cm³/mol. The summed E-state index contributed by atoms with van der Waals surface area (Å²) in [6.07, 6.45) is 0. The van der Waals surface area contributed by atoms with E-state index in [0.29, 0.717) is 12.4 Å². The van der Waals surface area contributed by atoms with E-state index in [0.717, 1.165) is 5.56 Å². The third-order valence-electron chi connectivity index (χ3n) is 3.00. The number of hydrogen-bond acceptors (Lipinski definition) is 7. The second kappa shape index (κ2) is 10.5. The molecule has 0 aliphatic heterocycles. The Bertz CT molecular complexity index is 993. The standard InChI is InChI=1S/C16H15NO4S.C2H6N4/c1-3-20-14-8-12(2)9-15(10-14)21-22(18,19)16-7-5-4-6-13(16)11-17;1-5-6-2(3)4/h4-10H,3H2,1-2H3;1H2,(H4,3,4,6). The van der Waals surface area contributed by atoms with Crippen molar-refractivity contribution in [3.8, 4) is 17.6 Å². The van der Waals surface area contributed by atoms with Crippen molar-refractivity contribution >= 4 is 22.8 Å². The molecule has 0 spiro atoms. The van der Waals surface area contributed by atoms with Crippen LogP contribution in [0.3, 0.4) is 0 Å². The molecule has 0 unspecified atom stereocenters. The number of ether oxygens (including phenoxy) is 1. The highest BCUT2D eigenvalue weighted by molar-refractivity contribution is 7.87. The van der Waals surface area contributed by atoms with Gasteiger partial charge >= 0.3 is 10.1 Å². The zero-order valence-electron chi connectivity index (χ0n) is 15.5. The summed E-state index contributed by atoms with van der Waals surface area (Å²) in [5, 5.41) is 15.2. The number of nitrogens with zero attached hydrogens (tertiary/aromatic N) is 3. The first-order chi connectivity index (χ1) is 13.2. The fourth-order valence-corrected chi connectivity index (χ4v) is 3.11. The average Bonchev–Trinajstić information content (AvgIpc) is 2.61. The third kappa shape index (κ3) is 6.97. The molecule has 0 fully saturated rings. The lowest BCUT2D eigenvalue weighted by Gasteiger charge is -2.11. The Morgan fingerprint density at radius 2 is 1.86 bits per heavy atom. The number of nitrogens with two attached hydrogens (primary N) is 2. The summed E-state index contributed by atoms with van der Waals surface area (Å²) in [5.41, 5.74) is 10.4. The molecule has 148 valence electrons. The van der Waals surface area contributed by atoms with Crippen LogP contribution in [0.4, 0.5) is 0 Å². The Hall–Kier alpha value is -3.58. The van der Waals surface area contributed by atoms with Gasteiger partial charge in [-0.1, -0.05) is 12.1 Å². The molecule has 0 saturated heterocycles. The lowest BCUT2D eigenvalue weighted by atomic mass is 10.2. The minimum atomic E-state index is -4.08. The molecule has 0 aromatic heterocycles. The maximum Gasteiger partial charge on any atom is 0.340 e. The minimum absolute atomic E-state index is 0.0418. The lowest BCUT2D eigenvalue weighted by molar-refractivity contribution is 0.338. The molecule has 0 heterocycles. The molecule has 0 atom stereocenters. The molecule has 28 heavy (non-hydrogen) atoms. The molecule has 0 saturated carbocycles. The van der Waals surface area contributed by atoms with Crippen LogP contribution in [-0.4, -0.2) is 27.7 Å². The van der Waals surface area contributed by atoms with Gasteiger partial charge in [0.15, 0.2) is 0 Å². The largest absolute Gasteiger partial charge is 0.494 e. The van der Waals surface area contributed by atoms with Crippen LogP contribution in [-0.2, 0) is 10.1 Å². The van der Waals surface area contributed by atoms with E-state index in [9.17, 15) is 8.42 Å². The highest BCUT2D eigenvalue weighted by atomic mass is 32.2. The van der Waals surface area contributed by atoms with Gasteiger partial charge in [0.25, 0.3) is 0 Å². The van der Waals surface area contributed by atoms with Gasteiger partial charge < -0.3 is 20.4 Å². The monoisotopic (exact) mass is 403 g/mol. The van der Waals surface area contributed by atoms with E-state index in [1.54, 1.807) is 24.3 Å². The van der Waals surface area contributed by atoms with Crippen LogP contribution in [0.2, 0.25) is 0 Å². The molecule has 2 rings (SSSR count). The van der Waals surface area contributed by atoms with Gasteiger partial charge in [0.1, 0.15) is 22.5 Å². The number of nitriles is 1. The number of aryl methyl sites for hydroxylation is 1. The van der Waals surface area contributed by atoms with Gasteiger partial charge in [-0.05, 0) is 43.7 Å². The number of rotatable bonds is 6. The number of benzene rings is 2. The van der Waals surface area contributed by atoms with Crippen molar-refractivity contribution in [1.82, 2.24) is 0 Å². The third-order valence-corrected chi connectivity index (χ3v) is 4.31. The van der Waals surface area contributed by atoms with E-state index in [2.05, 4.69) is 16.9 Å². The van der Waals surface area contributed by atoms with Crippen LogP contribution in [0.1, 0.15) is 18.1 Å². The highest BCUT2D eigenvalue weighted by Crippen LogP contribution is 2.26. The van der Waals surface area contributed by atoms with E-state index < -0.39 is 10.1 Å². The van der Waals surface area contributed by atoms with Gasteiger partial charge in [-0.3, -0.25) is 0 Å². The van der Waals surface area contributed by atoms with E-state index >= 15 is 0 Å². The second-order valence-electron chi connectivity index (χ2n) is 5.23. The van der Waals surface area contributed by atoms with Gasteiger partial charge in [0.05, 0.1) is 12.2 Å². The molecule has 2 aromatic carbocycles. The summed E-state index contributed by atoms with van der Waals surface area (Å²) in [6.45, 7) is 7.12. The maximum absolute atomic E-state index is 12.3. The van der Waals surface area contributed by atoms with E-state index in [-0.39, 0.29) is 22.2 Å². The number of guanidine groups is 1. The molecular formula is C18H21N5O4S. The Labute approximate surface area is 164 Å². The normalized spacial score (nSPS) is 9.89. The first-order valence-electron chi connectivity index (χ1n) is 7.96. The Kier molecular flexibility index (Phi) is 8.46. The number of hydrogen-bond donors (Lipinski definition) is 2. The first kappa shape index (κ1) is 22.5. The van der Waals surface area contributed by atoms with E-state index in [1.807, 2.05) is 19.9 Å². The molecule has 10 heteroatoms. The topological polar surface area (TPSA) is 153 Å². The molecular weight excluding hydrogens is 382 g/mol. The van der Waals surface area contributed by atoms with Gasteiger partial charge in [-0.25, -0.2) is 0 Å². The second-order valence-corrected chi connectivity index (χ2v) is 6.74. The van der Waals surface area contributed by atoms with Crippen LogP contribution in [0.15, 0.2) is 57.6 Å². The average molecular weight is 403 g/mol. The first-order valence-corrected chi connectivity index (χ1v) is 9.37. The Morgan fingerprint density at radius 3 is 2.39 bits per heavy atom. The smallest absolute Gasteiger partial charge is 0.340 e. The molecule has 0 radical (unpaired) electrons. The van der Waals surface area contributed by atoms with Crippen molar-refractivity contribution in [2.75, 3.05) is 6.61 Å². The van der Waals surface area contributed by atoms with Crippen molar-refractivity contribution < 1.29 is 17.3 Å². The van der Waals surface area contributed by atoms with Crippen molar-refractivity contribution in [2.24, 2.45) is 21.7 Å². The van der Waals surface area contributed by atoms with Crippen LogP contribution in [0, 0.1) is 18.3 Å². The molecule has 0 amide bonds. The molecule has 0 aliphatic carbocycles. The van der Waals surface area contributed by atoms with Crippen LogP contribution < -0.4 is 20.4 Å². The van der Waals surface area contributed by atoms with Gasteiger partial charge in [-0.2, -0.15) is 18.8 Å². The summed E-state index contributed by atoms with van der Waals surface area (Å²) in [6, 6.07) is 12.6. The van der Waals surface area contributed by atoms with E-state index in [1.165, 1.54) is 18.2 Å². The molecule has 0 bridgehead atoms. The van der Waals surface area contributed by atoms with Gasteiger partial charge in [0, 0.05) is 12.8 Å². The zero-order chi connectivity index (χ0) is 21.2. The fourth-order valence-electron chi connectivity index (χ4n) is 2.04. The maximum atomic E-state index is 12.3. The predicted octanol–water partition coefficient (Wildman–Crippen LogP) is 1.91. The summed E-state index contributed by atoms with van der Waals surface area (Å²) in [4.78, 5) is -0.156. The lowest BCUT2D eigenvalue weighted by Crippen LogP contribution is -2.21. The minimum Gasteiger partial charge on any atom is -0.494 e. The van der Waals surface area contributed by atoms with E-state index in [4.69, 9.17) is 25.6 Å². The molecule has 9 nitrogen and oxygen atoms in total. The summed E-state index contributed by atoms with van der Waals surface area (Å²) >= 11 is 0. The highest BCUT2D eigenvalue weighted by Gasteiger charge is 2.21. The summed E-state index contributed by atoms with van der Waals surface area (Å²) in [5.74, 6) is 0.613. The Balaban J connectivity index is 0.000000568. The molecule has 2 aromatic rings. The molecule has 0 aliphatic rings. The van der Waals surface area contributed by atoms with Crippen molar-refractivity contribution in [1.29, 1.82) is 5.26 Å². The van der Waals surface area contributed by atoms with Crippen LogP contribution >= 0.6 is 0 Å². The SMILES string of the molecule is C=NN=C(N)N.CCOc1cc(C)cc(OS(=O)(=O)c2ccccc2C#N)c1. The summed E-state index contributed by atoms with van der Waals surface area (Å²) in [7, 11) is -4.08. The Morgan fingerprint density at radius 1 is 1.21 bits per heavy atom. The summed E-state index contributed by atoms with van der Waals surface area (Å²) < 4.78 is 35.2. The van der Waals surface area contributed by atoms with Crippen LogP contribution in [0.5, 0.6) is 11.5 Å². The fraction of sp³-hybridized carbons (Fsp3) is 0.167. The van der Waals surface area contributed by atoms with Crippen molar-refractivity contribution in [3.63, 3.8) is 0 Å². The zero-order valence-corrected chi connectivity index (χ0v) is 16.3. The van der Waals surface area contributed by atoms with Crippen molar-refractivity contribution in [2.45, 2.75) is 18.7 Å². The van der Waals surface area contributed by atoms with Crippen LogP contribution in [0.25, 0.3) is 0 Å². The van der Waals surface area contributed by atoms with Gasteiger partial charge in [0.2, 0.25) is 5.96 Å². The van der Waals surface area contributed by atoms with Crippen molar-refractivity contribution in [3.05, 3.63) is 53.6 Å².